The number of aryl methyl sites for hydroxylation is 1. The van der Waals surface area contributed by atoms with Gasteiger partial charge in [-0.1, -0.05) is 30.3 Å². The molecule has 3 rings (SSSR count). The van der Waals surface area contributed by atoms with Gasteiger partial charge in [-0.2, -0.15) is 0 Å². The summed E-state index contributed by atoms with van der Waals surface area (Å²) in [7, 11) is 0. The standard InChI is InChI=1S/C18H16N4O3S/c1-10-15(26-18(20-10)12-6-4-3-5-7-12)17(25)22-21-16(24)14-8-13(9-19-14)11(2)23/h3-9,19H,1-2H3,(H,21,24)(H,22,25). The van der Waals surface area contributed by atoms with Crippen molar-refractivity contribution < 1.29 is 14.4 Å². The van der Waals surface area contributed by atoms with E-state index in [4.69, 9.17) is 0 Å². The molecule has 0 atom stereocenters. The number of aromatic amines is 1. The molecule has 2 heterocycles. The summed E-state index contributed by atoms with van der Waals surface area (Å²) in [5.74, 6) is -1.15. The van der Waals surface area contributed by atoms with E-state index in [1.807, 2.05) is 30.3 Å². The van der Waals surface area contributed by atoms with Crippen molar-refractivity contribution in [2.45, 2.75) is 13.8 Å². The van der Waals surface area contributed by atoms with Gasteiger partial charge < -0.3 is 4.98 Å². The van der Waals surface area contributed by atoms with Crippen molar-refractivity contribution in [3.63, 3.8) is 0 Å². The van der Waals surface area contributed by atoms with Crippen molar-refractivity contribution in [3.05, 3.63) is 64.4 Å². The number of carbonyl (C=O) groups is 3. The Balaban J connectivity index is 1.67. The zero-order valence-electron chi connectivity index (χ0n) is 14.1. The van der Waals surface area contributed by atoms with Gasteiger partial charge in [-0.15, -0.1) is 11.3 Å². The predicted octanol–water partition coefficient (Wildman–Crippen LogP) is 2.72. The summed E-state index contributed by atoms with van der Waals surface area (Å²) in [5, 5.41) is 0.732. The highest BCUT2D eigenvalue weighted by atomic mass is 32.1. The van der Waals surface area contributed by atoms with Crippen LogP contribution in [0.25, 0.3) is 10.6 Å². The molecule has 0 radical (unpaired) electrons. The van der Waals surface area contributed by atoms with Crippen LogP contribution in [0.3, 0.4) is 0 Å². The third-order valence-corrected chi connectivity index (χ3v) is 4.85. The number of H-pyrrole nitrogens is 1. The van der Waals surface area contributed by atoms with Crippen LogP contribution in [0.5, 0.6) is 0 Å². The largest absolute Gasteiger partial charge is 0.356 e. The quantitative estimate of drug-likeness (QED) is 0.486. The number of hydrogen-bond acceptors (Lipinski definition) is 5. The zero-order chi connectivity index (χ0) is 18.7. The number of nitrogens with zero attached hydrogens (tertiary/aromatic N) is 1. The van der Waals surface area contributed by atoms with Gasteiger partial charge in [-0.05, 0) is 19.9 Å². The molecule has 0 bridgehead atoms. The number of rotatable bonds is 4. The second-order valence-corrected chi connectivity index (χ2v) is 6.57. The Kier molecular flexibility index (Phi) is 4.94. The molecule has 3 N–H and O–H groups in total. The fraction of sp³-hybridized carbons (Fsp3) is 0.111. The number of amides is 2. The third kappa shape index (κ3) is 3.70. The van der Waals surface area contributed by atoms with Gasteiger partial charge in [-0.25, -0.2) is 4.98 Å². The van der Waals surface area contributed by atoms with E-state index >= 15 is 0 Å². The average Bonchev–Trinajstić information content (AvgIpc) is 3.27. The second-order valence-electron chi connectivity index (χ2n) is 5.57. The number of thiazole rings is 1. The van der Waals surface area contributed by atoms with Crippen molar-refractivity contribution in [2.24, 2.45) is 0 Å². The summed E-state index contributed by atoms with van der Waals surface area (Å²) in [4.78, 5) is 43.2. The van der Waals surface area contributed by atoms with Crippen molar-refractivity contribution in [1.82, 2.24) is 20.8 Å². The predicted molar refractivity (Wildman–Crippen MR) is 98.0 cm³/mol. The average molecular weight is 368 g/mol. The highest BCUT2D eigenvalue weighted by Crippen LogP contribution is 2.27. The molecular formula is C18H16N4O3S. The molecule has 3 aromatic rings. The van der Waals surface area contributed by atoms with E-state index in [9.17, 15) is 14.4 Å². The fourth-order valence-corrected chi connectivity index (χ4v) is 3.24. The molecule has 0 aliphatic carbocycles. The summed E-state index contributed by atoms with van der Waals surface area (Å²) in [5.41, 5.74) is 6.78. The summed E-state index contributed by atoms with van der Waals surface area (Å²) < 4.78 is 0. The number of hydrazine groups is 1. The van der Waals surface area contributed by atoms with Gasteiger partial charge in [0.2, 0.25) is 0 Å². The van der Waals surface area contributed by atoms with Gasteiger partial charge in [-0.3, -0.25) is 25.2 Å². The lowest BCUT2D eigenvalue weighted by atomic mass is 10.2. The van der Waals surface area contributed by atoms with Gasteiger partial charge in [0.15, 0.2) is 5.78 Å². The van der Waals surface area contributed by atoms with Crippen LogP contribution in [0.15, 0.2) is 42.6 Å². The maximum absolute atomic E-state index is 12.3. The normalized spacial score (nSPS) is 10.4. The van der Waals surface area contributed by atoms with E-state index < -0.39 is 11.8 Å². The van der Waals surface area contributed by atoms with Crippen LogP contribution in [-0.2, 0) is 0 Å². The van der Waals surface area contributed by atoms with E-state index in [0.29, 0.717) is 16.1 Å². The molecule has 7 nitrogen and oxygen atoms in total. The minimum Gasteiger partial charge on any atom is -0.356 e. The summed E-state index contributed by atoms with van der Waals surface area (Å²) in [6.45, 7) is 3.15. The second kappa shape index (κ2) is 7.32. The number of nitrogens with one attached hydrogen (secondary N) is 3. The first-order chi connectivity index (χ1) is 12.5. The fourth-order valence-electron chi connectivity index (χ4n) is 2.28. The topological polar surface area (TPSA) is 104 Å². The minimum atomic E-state index is -0.545. The number of hydrogen-bond donors (Lipinski definition) is 3. The van der Waals surface area contributed by atoms with Crippen LogP contribution in [0, 0.1) is 6.92 Å². The summed E-state index contributed by atoms with van der Waals surface area (Å²) >= 11 is 1.25. The smallest absolute Gasteiger partial charge is 0.286 e. The first kappa shape index (κ1) is 17.6. The molecule has 8 heteroatoms. The van der Waals surface area contributed by atoms with Gasteiger partial charge in [0.05, 0.1) is 5.69 Å². The number of Topliss-reactive ketones (excluding diaryl/α,β-unsaturated/α-hetero) is 1. The Morgan fingerprint density at radius 2 is 1.77 bits per heavy atom. The third-order valence-electron chi connectivity index (χ3n) is 3.65. The van der Waals surface area contributed by atoms with Crippen LogP contribution >= 0.6 is 11.3 Å². The molecule has 132 valence electrons. The highest BCUT2D eigenvalue weighted by Gasteiger charge is 2.17. The van der Waals surface area contributed by atoms with E-state index in [0.717, 1.165) is 10.6 Å². The first-order valence-corrected chi connectivity index (χ1v) is 8.60. The van der Waals surface area contributed by atoms with Crippen molar-refractivity contribution in [1.29, 1.82) is 0 Å². The van der Waals surface area contributed by atoms with Crippen LogP contribution in [0.1, 0.15) is 43.1 Å². The Morgan fingerprint density at radius 1 is 1.08 bits per heavy atom. The van der Waals surface area contributed by atoms with Crippen molar-refractivity contribution >= 4 is 28.9 Å². The Morgan fingerprint density at radius 3 is 2.42 bits per heavy atom. The zero-order valence-corrected chi connectivity index (χ0v) is 14.9. The Bertz CT molecular complexity index is 975. The molecule has 2 amide bonds. The first-order valence-electron chi connectivity index (χ1n) is 7.78. The molecule has 0 fully saturated rings. The van der Waals surface area contributed by atoms with Crippen LogP contribution in [0.4, 0.5) is 0 Å². The molecule has 26 heavy (non-hydrogen) atoms. The molecule has 0 saturated carbocycles. The van der Waals surface area contributed by atoms with Crippen molar-refractivity contribution in [2.75, 3.05) is 0 Å². The molecule has 0 spiro atoms. The monoisotopic (exact) mass is 368 g/mol. The molecule has 0 unspecified atom stereocenters. The highest BCUT2D eigenvalue weighted by molar-refractivity contribution is 7.17. The molecule has 0 aliphatic heterocycles. The Hall–Kier alpha value is -3.26. The number of ketones is 1. The van der Waals surface area contributed by atoms with Crippen LogP contribution in [-0.4, -0.2) is 27.6 Å². The molecular weight excluding hydrogens is 352 g/mol. The van der Waals surface area contributed by atoms with Gasteiger partial charge >= 0.3 is 0 Å². The lowest BCUT2D eigenvalue weighted by Gasteiger charge is -2.05. The van der Waals surface area contributed by atoms with Gasteiger partial charge in [0.25, 0.3) is 11.8 Å². The van der Waals surface area contributed by atoms with E-state index in [-0.39, 0.29) is 11.5 Å². The molecule has 0 saturated heterocycles. The number of carbonyl (C=O) groups excluding carboxylic acids is 3. The summed E-state index contributed by atoms with van der Waals surface area (Å²) in [6, 6.07) is 11.0. The lowest BCUT2D eigenvalue weighted by molar-refractivity contribution is 0.0846. The molecule has 0 aliphatic rings. The Labute approximate surface area is 153 Å². The molecule has 2 aromatic heterocycles. The molecule has 1 aromatic carbocycles. The van der Waals surface area contributed by atoms with Gasteiger partial charge in [0.1, 0.15) is 15.6 Å². The van der Waals surface area contributed by atoms with E-state index in [1.165, 1.54) is 30.5 Å². The minimum absolute atomic E-state index is 0.155. The lowest BCUT2D eigenvalue weighted by Crippen LogP contribution is -2.41. The SMILES string of the molecule is CC(=O)c1c[nH]c(C(=O)NNC(=O)c2sc(-c3ccccc3)nc2C)c1. The van der Waals surface area contributed by atoms with Crippen LogP contribution < -0.4 is 10.9 Å². The maximum atomic E-state index is 12.3. The number of aromatic nitrogens is 2. The van der Waals surface area contributed by atoms with Crippen molar-refractivity contribution in [3.8, 4) is 10.6 Å². The van der Waals surface area contributed by atoms with Gasteiger partial charge in [0, 0.05) is 17.3 Å². The maximum Gasteiger partial charge on any atom is 0.286 e. The van der Waals surface area contributed by atoms with E-state index in [2.05, 4.69) is 20.8 Å². The van der Waals surface area contributed by atoms with Crippen LogP contribution in [0.2, 0.25) is 0 Å². The summed E-state index contributed by atoms with van der Waals surface area (Å²) in [6.07, 6.45) is 1.44. The number of benzene rings is 1. The van der Waals surface area contributed by atoms with E-state index in [1.54, 1.807) is 6.92 Å².